The zero-order valence-corrected chi connectivity index (χ0v) is 12.8. The Labute approximate surface area is 133 Å². The third-order valence-corrected chi connectivity index (χ3v) is 3.33. The SMILES string of the molecule is CCOc1ccc(NC(C(N)=O)c2ccc(F)cc2)cc1CO. The number of aliphatic hydroxyl groups is 1. The first kappa shape index (κ1) is 16.8. The van der Waals surface area contributed by atoms with E-state index in [1.54, 1.807) is 18.2 Å². The first-order valence-corrected chi connectivity index (χ1v) is 7.23. The van der Waals surface area contributed by atoms with Crippen LogP contribution in [0, 0.1) is 5.82 Å². The lowest BCUT2D eigenvalue weighted by atomic mass is 10.1. The van der Waals surface area contributed by atoms with E-state index in [1.807, 2.05) is 6.92 Å². The van der Waals surface area contributed by atoms with Gasteiger partial charge in [0.05, 0.1) is 13.2 Å². The number of primary amides is 1. The molecule has 23 heavy (non-hydrogen) atoms. The molecule has 4 N–H and O–H groups in total. The normalized spacial score (nSPS) is 11.8. The van der Waals surface area contributed by atoms with Gasteiger partial charge in [-0.2, -0.15) is 0 Å². The summed E-state index contributed by atoms with van der Waals surface area (Å²) in [6, 6.07) is 9.85. The third kappa shape index (κ3) is 4.20. The van der Waals surface area contributed by atoms with Crippen LogP contribution < -0.4 is 15.8 Å². The lowest BCUT2D eigenvalue weighted by molar-refractivity contribution is -0.118. The summed E-state index contributed by atoms with van der Waals surface area (Å²) in [6.07, 6.45) is 0. The molecule has 0 aliphatic rings. The van der Waals surface area contributed by atoms with Crippen LogP contribution >= 0.6 is 0 Å². The fourth-order valence-corrected chi connectivity index (χ4v) is 2.23. The predicted molar refractivity (Wildman–Crippen MR) is 85.5 cm³/mol. The van der Waals surface area contributed by atoms with E-state index in [-0.39, 0.29) is 12.4 Å². The fraction of sp³-hybridized carbons (Fsp3) is 0.235. The van der Waals surface area contributed by atoms with Crippen molar-refractivity contribution in [1.29, 1.82) is 0 Å². The number of hydrogen-bond acceptors (Lipinski definition) is 4. The van der Waals surface area contributed by atoms with Crippen LogP contribution in [0.5, 0.6) is 5.75 Å². The van der Waals surface area contributed by atoms with Crippen molar-refractivity contribution in [3.63, 3.8) is 0 Å². The summed E-state index contributed by atoms with van der Waals surface area (Å²) in [5.41, 5.74) is 7.19. The zero-order chi connectivity index (χ0) is 16.8. The van der Waals surface area contributed by atoms with Crippen LogP contribution in [-0.4, -0.2) is 17.6 Å². The molecule has 0 aliphatic carbocycles. The maximum absolute atomic E-state index is 13.0. The van der Waals surface area contributed by atoms with E-state index in [0.717, 1.165) is 0 Å². The number of hydrogen-bond donors (Lipinski definition) is 3. The second-order valence-electron chi connectivity index (χ2n) is 4.94. The van der Waals surface area contributed by atoms with Crippen molar-refractivity contribution in [2.75, 3.05) is 11.9 Å². The molecule has 1 atom stereocenters. The van der Waals surface area contributed by atoms with Crippen LogP contribution in [0.2, 0.25) is 0 Å². The fourth-order valence-electron chi connectivity index (χ4n) is 2.23. The molecule has 1 amide bonds. The summed E-state index contributed by atoms with van der Waals surface area (Å²) < 4.78 is 18.4. The van der Waals surface area contributed by atoms with E-state index < -0.39 is 11.9 Å². The number of nitrogens with one attached hydrogen (secondary N) is 1. The maximum atomic E-state index is 13.0. The lowest BCUT2D eigenvalue weighted by Gasteiger charge is -2.18. The molecule has 0 radical (unpaired) electrons. The van der Waals surface area contributed by atoms with Crippen molar-refractivity contribution in [2.45, 2.75) is 19.6 Å². The highest BCUT2D eigenvalue weighted by molar-refractivity contribution is 5.84. The molecule has 0 spiro atoms. The highest BCUT2D eigenvalue weighted by atomic mass is 19.1. The largest absolute Gasteiger partial charge is 0.494 e. The van der Waals surface area contributed by atoms with Crippen LogP contribution in [0.1, 0.15) is 24.1 Å². The Morgan fingerprint density at radius 3 is 2.57 bits per heavy atom. The Bertz CT molecular complexity index is 674. The van der Waals surface area contributed by atoms with Gasteiger partial charge >= 0.3 is 0 Å². The summed E-state index contributed by atoms with van der Waals surface area (Å²) in [5, 5.41) is 12.4. The maximum Gasteiger partial charge on any atom is 0.244 e. The van der Waals surface area contributed by atoms with Crippen molar-refractivity contribution in [3.05, 3.63) is 59.4 Å². The molecular formula is C17H19FN2O3. The van der Waals surface area contributed by atoms with Crippen LogP contribution in [0.25, 0.3) is 0 Å². The summed E-state index contributed by atoms with van der Waals surface area (Å²) >= 11 is 0. The van der Waals surface area contributed by atoms with Crippen molar-refractivity contribution in [2.24, 2.45) is 5.73 Å². The van der Waals surface area contributed by atoms with Gasteiger partial charge in [0.15, 0.2) is 0 Å². The Hall–Kier alpha value is -2.60. The van der Waals surface area contributed by atoms with Gasteiger partial charge in [0.25, 0.3) is 0 Å². The van der Waals surface area contributed by atoms with E-state index in [9.17, 15) is 14.3 Å². The lowest BCUT2D eigenvalue weighted by Crippen LogP contribution is -2.27. The quantitative estimate of drug-likeness (QED) is 0.731. The number of nitrogens with two attached hydrogens (primary N) is 1. The molecule has 0 aromatic heterocycles. The molecule has 2 aromatic rings. The van der Waals surface area contributed by atoms with Crippen molar-refractivity contribution in [3.8, 4) is 5.75 Å². The molecule has 5 nitrogen and oxygen atoms in total. The minimum Gasteiger partial charge on any atom is -0.494 e. The zero-order valence-electron chi connectivity index (χ0n) is 12.8. The molecular weight excluding hydrogens is 299 g/mol. The van der Waals surface area contributed by atoms with Crippen LogP contribution in [-0.2, 0) is 11.4 Å². The molecule has 122 valence electrons. The molecule has 0 aliphatic heterocycles. The van der Waals surface area contributed by atoms with Crippen molar-refractivity contribution >= 4 is 11.6 Å². The molecule has 0 saturated heterocycles. The van der Waals surface area contributed by atoms with Gasteiger partial charge in [0, 0.05) is 11.3 Å². The van der Waals surface area contributed by atoms with Gasteiger partial charge < -0.3 is 20.9 Å². The minimum atomic E-state index is -0.805. The molecule has 1 unspecified atom stereocenters. The van der Waals surface area contributed by atoms with Gasteiger partial charge in [0.1, 0.15) is 17.6 Å². The van der Waals surface area contributed by atoms with Crippen LogP contribution in [0.3, 0.4) is 0 Å². The highest BCUT2D eigenvalue weighted by Gasteiger charge is 2.18. The second kappa shape index (κ2) is 7.60. The molecule has 0 fully saturated rings. The third-order valence-electron chi connectivity index (χ3n) is 3.33. The Morgan fingerprint density at radius 2 is 2.00 bits per heavy atom. The summed E-state index contributed by atoms with van der Waals surface area (Å²) in [7, 11) is 0. The minimum absolute atomic E-state index is 0.192. The predicted octanol–water partition coefficient (Wildman–Crippen LogP) is 2.36. The molecule has 6 heteroatoms. The first-order chi connectivity index (χ1) is 11.0. The molecule has 0 saturated carbocycles. The van der Waals surface area contributed by atoms with E-state index in [4.69, 9.17) is 10.5 Å². The standard InChI is InChI=1S/C17H19FN2O3/c1-2-23-15-8-7-14(9-12(15)10-21)20-16(17(19)22)11-3-5-13(18)6-4-11/h3-9,16,20-21H,2,10H2,1H3,(H2,19,22). The molecule has 0 bridgehead atoms. The van der Waals surface area contributed by atoms with Crippen molar-refractivity contribution in [1.82, 2.24) is 0 Å². The molecule has 2 rings (SSSR count). The van der Waals surface area contributed by atoms with Crippen molar-refractivity contribution < 1.29 is 19.0 Å². The van der Waals surface area contributed by atoms with E-state index in [1.165, 1.54) is 24.3 Å². The van der Waals surface area contributed by atoms with Gasteiger partial charge in [-0.15, -0.1) is 0 Å². The smallest absolute Gasteiger partial charge is 0.244 e. The number of carbonyl (C=O) groups is 1. The number of benzene rings is 2. The molecule has 2 aromatic carbocycles. The number of anilines is 1. The average molecular weight is 318 g/mol. The number of halogens is 1. The second-order valence-corrected chi connectivity index (χ2v) is 4.94. The average Bonchev–Trinajstić information content (AvgIpc) is 2.54. The van der Waals surface area contributed by atoms with Gasteiger partial charge in [-0.3, -0.25) is 4.79 Å². The summed E-state index contributed by atoms with van der Waals surface area (Å²) in [4.78, 5) is 11.7. The number of carbonyl (C=O) groups excluding carboxylic acids is 1. The Kier molecular flexibility index (Phi) is 5.54. The summed E-state index contributed by atoms with van der Waals surface area (Å²) in [6.45, 7) is 2.15. The number of aliphatic hydroxyl groups excluding tert-OH is 1. The van der Waals surface area contributed by atoms with Gasteiger partial charge in [-0.05, 0) is 42.8 Å². The number of ether oxygens (including phenoxy) is 1. The Morgan fingerprint density at radius 1 is 1.30 bits per heavy atom. The van der Waals surface area contributed by atoms with Crippen LogP contribution in [0.15, 0.2) is 42.5 Å². The van der Waals surface area contributed by atoms with E-state index in [0.29, 0.717) is 29.2 Å². The Balaban J connectivity index is 2.26. The molecule has 0 heterocycles. The topological polar surface area (TPSA) is 84.6 Å². The van der Waals surface area contributed by atoms with Gasteiger partial charge in [-0.1, -0.05) is 12.1 Å². The van der Waals surface area contributed by atoms with E-state index in [2.05, 4.69) is 5.32 Å². The van der Waals surface area contributed by atoms with Crippen LogP contribution in [0.4, 0.5) is 10.1 Å². The van der Waals surface area contributed by atoms with Gasteiger partial charge in [0.2, 0.25) is 5.91 Å². The van der Waals surface area contributed by atoms with Gasteiger partial charge in [-0.25, -0.2) is 4.39 Å². The van der Waals surface area contributed by atoms with E-state index >= 15 is 0 Å². The number of rotatable bonds is 7. The monoisotopic (exact) mass is 318 g/mol. The first-order valence-electron chi connectivity index (χ1n) is 7.23. The summed E-state index contributed by atoms with van der Waals surface area (Å²) in [5.74, 6) is -0.394. The highest BCUT2D eigenvalue weighted by Crippen LogP contribution is 2.26. The number of amides is 1.